The number of carbonyl (C=O) groups is 3. The van der Waals surface area contributed by atoms with E-state index in [4.69, 9.17) is 14.5 Å². The van der Waals surface area contributed by atoms with Crippen LogP contribution in [0.4, 0.5) is 10.5 Å². The summed E-state index contributed by atoms with van der Waals surface area (Å²) in [6.45, 7) is -0.260. The van der Waals surface area contributed by atoms with Crippen LogP contribution in [0.15, 0.2) is 114 Å². The van der Waals surface area contributed by atoms with Gasteiger partial charge in [0.05, 0.1) is 30.6 Å². The maximum absolute atomic E-state index is 14.0. The fourth-order valence-electron chi connectivity index (χ4n) is 4.49. The number of Topliss-reactive ketones (excluding diaryl/α,β-unsaturated/α-hetero) is 1. The van der Waals surface area contributed by atoms with Crippen LogP contribution >= 0.6 is 0 Å². The fourth-order valence-corrected chi connectivity index (χ4v) is 4.49. The second-order valence-corrected chi connectivity index (χ2v) is 9.02. The van der Waals surface area contributed by atoms with Gasteiger partial charge < -0.3 is 14.4 Å². The number of alkyl carbamates (subject to hydrolysis) is 1. The molecule has 5 rings (SSSR count). The van der Waals surface area contributed by atoms with Crippen molar-refractivity contribution in [3.8, 4) is 5.75 Å². The zero-order valence-electron chi connectivity index (χ0n) is 21.8. The van der Waals surface area contributed by atoms with Crippen LogP contribution in [-0.4, -0.2) is 43.3 Å². The Labute approximate surface area is 231 Å². The number of fused-ring (bicyclic) bond motifs is 1. The zero-order chi connectivity index (χ0) is 27.9. The predicted octanol–water partition coefficient (Wildman–Crippen LogP) is 5.01. The Morgan fingerprint density at radius 1 is 0.850 bits per heavy atom. The summed E-state index contributed by atoms with van der Waals surface area (Å²) in [5.74, 6) is -0.490. The number of hydrogen-bond acceptors (Lipinski definition) is 6. The number of amides is 2. The van der Waals surface area contributed by atoms with Gasteiger partial charge in [-0.15, -0.1) is 0 Å². The number of ether oxygens (including phenoxy) is 2. The van der Waals surface area contributed by atoms with Crippen LogP contribution in [0, 0.1) is 0 Å². The third-order valence-corrected chi connectivity index (χ3v) is 6.43. The first-order valence-electron chi connectivity index (χ1n) is 12.7. The van der Waals surface area contributed by atoms with Crippen molar-refractivity contribution >= 4 is 29.2 Å². The van der Waals surface area contributed by atoms with Crippen molar-refractivity contribution in [2.75, 3.05) is 18.6 Å². The maximum atomic E-state index is 14.0. The van der Waals surface area contributed by atoms with Crippen molar-refractivity contribution in [3.05, 3.63) is 131 Å². The number of nitrogens with one attached hydrogen (secondary N) is 1. The van der Waals surface area contributed by atoms with E-state index in [0.29, 0.717) is 28.3 Å². The number of methoxy groups -OCH3 is 1. The average Bonchev–Trinajstić information content (AvgIpc) is 3.11. The number of para-hydroxylation sites is 2. The summed E-state index contributed by atoms with van der Waals surface area (Å²) < 4.78 is 10.7. The molecule has 0 saturated carbocycles. The first-order chi connectivity index (χ1) is 19.5. The molecule has 1 aliphatic heterocycles. The molecule has 1 aliphatic rings. The van der Waals surface area contributed by atoms with Gasteiger partial charge in [0.2, 0.25) is 6.17 Å². The zero-order valence-corrected chi connectivity index (χ0v) is 21.8. The van der Waals surface area contributed by atoms with Crippen LogP contribution in [0.5, 0.6) is 5.75 Å². The Morgan fingerprint density at radius 2 is 1.50 bits per heavy atom. The molecule has 0 saturated heterocycles. The van der Waals surface area contributed by atoms with E-state index in [1.165, 1.54) is 12.0 Å². The molecule has 0 fully saturated rings. The molecule has 1 heterocycles. The number of carbonyl (C=O) groups excluding carboxylic acids is 3. The van der Waals surface area contributed by atoms with E-state index in [1.807, 2.05) is 72.8 Å². The molecule has 1 N–H and O–H groups in total. The standard InChI is InChI=1S/C32H27N3O5/c1-39-28-19-11-9-17-25(28)27(36)20-35-26-18-10-8-16-24(26)29(23-14-6-3-7-15-23)33-30(31(35)37)34-32(38)40-21-22-12-4-2-5-13-22/h2-19,30H,20-21H2,1H3,(H,34,38). The van der Waals surface area contributed by atoms with Gasteiger partial charge in [-0.25, -0.2) is 9.79 Å². The number of benzene rings is 4. The van der Waals surface area contributed by atoms with Gasteiger partial charge in [-0.3, -0.25) is 14.9 Å². The Morgan fingerprint density at radius 3 is 2.25 bits per heavy atom. The molecule has 4 aromatic carbocycles. The summed E-state index contributed by atoms with van der Waals surface area (Å²) in [6, 6.07) is 32.6. The topological polar surface area (TPSA) is 97.3 Å². The van der Waals surface area contributed by atoms with E-state index < -0.39 is 18.2 Å². The van der Waals surface area contributed by atoms with Crippen molar-refractivity contribution < 1.29 is 23.9 Å². The van der Waals surface area contributed by atoms with Crippen LogP contribution in [0.25, 0.3) is 0 Å². The van der Waals surface area contributed by atoms with Crippen molar-refractivity contribution in [2.45, 2.75) is 12.8 Å². The molecule has 0 spiro atoms. The molecule has 8 heteroatoms. The van der Waals surface area contributed by atoms with Crippen LogP contribution in [-0.2, 0) is 16.1 Å². The van der Waals surface area contributed by atoms with E-state index in [2.05, 4.69) is 5.32 Å². The van der Waals surface area contributed by atoms with Gasteiger partial charge in [0.25, 0.3) is 5.91 Å². The number of hydrogen-bond donors (Lipinski definition) is 1. The van der Waals surface area contributed by atoms with Gasteiger partial charge in [-0.1, -0.05) is 91.0 Å². The monoisotopic (exact) mass is 533 g/mol. The lowest BCUT2D eigenvalue weighted by molar-refractivity contribution is -0.120. The van der Waals surface area contributed by atoms with Crippen molar-refractivity contribution in [3.63, 3.8) is 0 Å². The van der Waals surface area contributed by atoms with E-state index in [9.17, 15) is 14.4 Å². The van der Waals surface area contributed by atoms with E-state index in [0.717, 1.165) is 11.1 Å². The molecule has 0 radical (unpaired) electrons. The number of anilines is 1. The summed E-state index contributed by atoms with van der Waals surface area (Å²) in [5.41, 5.74) is 3.55. The van der Waals surface area contributed by atoms with Crippen LogP contribution in [0.3, 0.4) is 0 Å². The van der Waals surface area contributed by atoms with Gasteiger partial charge >= 0.3 is 6.09 Å². The molecule has 0 aromatic heterocycles. The Kier molecular flexibility index (Phi) is 7.97. The second kappa shape index (κ2) is 12.1. The lowest BCUT2D eigenvalue weighted by atomic mass is 10.00. The molecule has 2 amide bonds. The molecule has 1 atom stereocenters. The smallest absolute Gasteiger partial charge is 0.409 e. The van der Waals surface area contributed by atoms with Crippen molar-refractivity contribution in [1.29, 1.82) is 0 Å². The third-order valence-electron chi connectivity index (χ3n) is 6.43. The summed E-state index contributed by atoms with van der Waals surface area (Å²) in [4.78, 5) is 46.4. The number of rotatable bonds is 8. The Bertz CT molecular complexity index is 1550. The lowest BCUT2D eigenvalue weighted by Crippen LogP contribution is -2.49. The van der Waals surface area contributed by atoms with E-state index in [1.54, 1.807) is 36.4 Å². The Balaban J connectivity index is 1.51. The van der Waals surface area contributed by atoms with Gasteiger partial charge in [0.1, 0.15) is 12.4 Å². The minimum absolute atomic E-state index is 0.0269. The minimum atomic E-state index is -1.34. The number of aliphatic imine (C=N–C) groups is 1. The van der Waals surface area contributed by atoms with Crippen LogP contribution in [0.2, 0.25) is 0 Å². The molecule has 0 aliphatic carbocycles. The first kappa shape index (κ1) is 26.4. The molecule has 8 nitrogen and oxygen atoms in total. The SMILES string of the molecule is COc1ccccc1C(=O)CN1C(=O)C(NC(=O)OCc2ccccc2)N=C(c2ccccc2)c2ccccc21. The highest BCUT2D eigenvalue weighted by molar-refractivity contribution is 6.21. The number of benzodiazepines with no additional fused rings is 1. The lowest BCUT2D eigenvalue weighted by Gasteiger charge is -2.25. The molecule has 4 aromatic rings. The van der Waals surface area contributed by atoms with E-state index >= 15 is 0 Å². The van der Waals surface area contributed by atoms with Gasteiger partial charge in [0, 0.05) is 11.1 Å². The molecule has 200 valence electrons. The van der Waals surface area contributed by atoms with Crippen molar-refractivity contribution in [2.24, 2.45) is 4.99 Å². The molecule has 40 heavy (non-hydrogen) atoms. The molecular weight excluding hydrogens is 506 g/mol. The van der Waals surface area contributed by atoms with Gasteiger partial charge in [-0.2, -0.15) is 0 Å². The number of nitrogens with zero attached hydrogens (tertiary/aromatic N) is 2. The highest BCUT2D eigenvalue weighted by Gasteiger charge is 2.34. The highest BCUT2D eigenvalue weighted by atomic mass is 16.5. The molecular formula is C32H27N3O5. The maximum Gasteiger partial charge on any atom is 0.409 e. The second-order valence-electron chi connectivity index (χ2n) is 9.02. The van der Waals surface area contributed by atoms with Crippen molar-refractivity contribution in [1.82, 2.24) is 5.32 Å². The van der Waals surface area contributed by atoms with Crippen LogP contribution in [0.1, 0.15) is 27.0 Å². The summed E-state index contributed by atoms with van der Waals surface area (Å²) >= 11 is 0. The van der Waals surface area contributed by atoms with Crippen LogP contribution < -0.4 is 15.0 Å². The Hall–Kier alpha value is -5.24. The summed E-state index contributed by atoms with van der Waals surface area (Å²) in [6.07, 6.45) is -2.14. The molecule has 1 unspecified atom stereocenters. The first-order valence-corrected chi connectivity index (χ1v) is 12.7. The minimum Gasteiger partial charge on any atom is -0.496 e. The molecule has 0 bridgehead atoms. The average molecular weight is 534 g/mol. The van der Waals surface area contributed by atoms with E-state index in [-0.39, 0.29) is 18.9 Å². The summed E-state index contributed by atoms with van der Waals surface area (Å²) in [7, 11) is 1.49. The fraction of sp³-hybridized carbons (Fsp3) is 0.125. The highest BCUT2D eigenvalue weighted by Crippen LogP contribution is 2.29. The number of ketones is 1. The quantitative estimate of drug-likeness (QED) is 0.321. The van der Waals surface area contributed by atoms with Gasteiger partial charge in [0.15, 0.2) is 5.78 Å². The third kappa shape index (κ3) is 5.76. The summed E-state index contributed by atoms with van der Waals surface area (Å²) in [5, 5.41) is 2.60. The van der Waals surface area contributed by atoms with Gasteiger partial charge in [-0.05, 0) is 23.8 Å². The normalized spacial score (nSPS) is 14.4. The largest absolute Gasteiger partial charge is 0.496 e. The predicted molar refractivity (Wildman–Crippen MR) is 152 cm³/mol.